The van der Waals surface area contributed by atoms with Crippen LogP contribution < -0.4 is 5.73 Å². The number of anilines is 1. The van der Waals surface area contributed by atoms with Crippen molar-refractivity contribution in [3.8, 4) is 0 Å². The molecule has 4 nitrogen and oxygen atoms in total. The molecule has 15 heavy (non-hydrogen) atoms. The fourth-order valence-corrected chi connectivity index (χ4v) is 1.47. The lowest BCUT2D eigenvalue weighted by atomic mass is 10.2. The van der Waals surface area contributed by atoms with Gasteiger partial charge in [0.05, 0.1) is 17.9 Å². The van der Waals surface area contributed by atoms with Gasteiger partial charge in [-0.25, -0.2) is 0 Å². The van der Waals surface area contributed by atoms with Crippen LogP contribution in [0, 0.1) is 13.8 Å². The molecule has 2 aromatic rings. The molecule has 2 N–H and O–H groups in total. The van der Waals surface area contributed by atoms with Gasteiger partial charge in [0.2, 0.25) is 0 Å². The molecule has 0 aliphatic rings. The van der Waals surface area contributed by atoms with Crippen molar-refractivity contribution in [2.45, 2.75) is 20.4 Å². The molecular weight excluding hydrogens is 188 g/mol. The Hall–Kier alpha value is -1.84. The van der Waals surface area contributed by atoms with Crippen LogP contribution in [-0.2, 0) is 6.54 Å². The third-order valence-electron chi connectivity index (χ3n) is 2.45. The zero-order chi connectivity index (χ0) is 10.8. The van der Waals surface area contributed by atoms with Crippen molar-refractivity contribution >= 4 is 5.69 Å². The summed E-state index contributed by atoms with van der Waals surface area (Å²) in [4.78, 5) is 4.05. The molecule has 0 amide bonds. The number of hydrogen-bond acceptors (Lipinski definition) is 3. The predicted octanol–water partition coefficient (Wildman–Crippen LogP) is 1.53. The lowest BCUT2D eigenvalue weighted by molar-refractivity contribution is 0.676. The van der Waals surface area contributed by atoms with Gasteiger partial charge in [0.15, 0.2) is 0 Å². The molecule has 2 heterocycles. The lowest BCUT2D eigenvalue weighted by Crippen LogP contribution is -2.02. The van der Waals surface area contributed by atoms with Gasteiger partial charge < -0.3 is 5.73 Å². The Kier molecular flexibility index (Phi) is 2.41. The quantitative estimate of drug-likeness (QED) is 0.803. The summed E-state index contributed by atoms with van der Waals surface area (Å²) >= 11 is 0. The van der Waals surface area contributed by atoms with E-state index in [1.54, 1.807) is 6.20 Å². The van der Waals surface area contributed by atoms with E-state index in [0.717, 1.165) is 17.9 Å². The van der Waals surface area contributed by atoms with Crippen LogP contribution in [0.3, 0.4) is 0 Å². The first-order valence-corrected chi connectivity index (χ1v) is 4.86. The van der Waals surface area contributed by atoms with E-state index in [9.17, 15) is 0 Å². The normalized spacial score (nSPS) is 10.5. The average Bonchev–Trinajstić information content (AvgIpc) is 2.50. The first kappa shape index (κ1) is 9.71. The van der Waals surface area contributed by atoms with Crippen molar-refractivity contribution < 1.29 is 0 Å². The molecule has 0 aliphatic heterocycles. The number of nitrogens with two attached hydrogens (primary N) is 1. The van der Waals surface area contributed by atoms with Gasteiger partial charge in [-0.15, -0.1) is 0 Å². The summed E-state index contributed by atoms with van der Waals surface area (Å²) < 4.78 is 1.85. The minimum atomic E-state index is 0.738. The Labute approximate surface area is 88.8 Å². The van der Waals surface area contributed by atoms with Crippen molar-refractivity contribution in [2.75, 3.05) is 5.73 Å². The second kappa shape index (κ2) is 3.73. The third kappa shape index (κ3) is 1.98. The van der Waals surface area contributed by atoms with Crippen LogP contribution in [0.15, 0.2) is 24.7 Å². The molecule has 0 atom stereocenters. The van der Waals surface area contributed by atoms with Crippen molar-refractivity contribution in [2.24, 2.45) is 0 Å². The molecule has 0 spiro atoms. The predicted molar refractivity (Wildman–Crippen MR) is 59.5 cm³/mol. The van der Waals surface area contributed by atoms with E-state index >= 15 is 0 Å². The molecule has 2 aromatic heterocycles. The molecule has 0 aliphatic carbocycles. The van der Waals surface area contributed by atoms with E-state index < -0.39 is 0 Å². The molecule has 0 unspecified atom stereocenters. The summed E-state index contributed by atoms with van der Waals surface area (Å²) in [6, 6.07) is 2.00. The highest BCUT2D eigenvalue weighted by Gasteiger charge is 2.03. The van der Waals surface area contributed by atoms with Crippen LogP contribution in [-0.4, -0.2) is 14.8 Å². The maximum Gasteiger partial charge on any atom is 0.0823 e. The van der Waals surface area contributed by atoms with E-state index in [4.69, 9.17) is 5.73 Å². The van der Waals surface area contributed by atoms with Crippen LogP contribution in [0.2, 0.25) is 0 Å². The average molecular weight is 202 g/mol. The summed E-state index contributed by atoms with van der Waals surface area (Å²) in [5.74, 6) is 0. The Morgan fingerprint density at radius 2 is 2.20 bits per heavy atom. The fraction of sp³-hybridized carbons (Fsp3) is 0.273. The Bertz CT molecular complexity index is 454. The number of nitrogen functional groups attached to an aromatic ring is 1. The van der Waals surface area contributed by atoms with Gasteiger partial charge in [-0.05, 0) is 31.0 Å². The van der Waals surface area contributed by atoms with Crippen molar-refractivity contribution in [1.29, 1.82) is 0 Å². The highest BCUT2D eigenvalue weighted by Crippen LogP contribution is 2.11. The minimum absolute atomic E-state index is 0.738. The van der Waals surface area contributed by atoms with Crippen LogP contribution >= 0.6 is 0 Å². The van der Waals surface area contributed by atoms with Crippen LogP contribution in [0.5, 0.6) is 0 Å². The highest BCUT2D eigenvalue weighted by molar-refractivity contribution is 5.39. The molecule has 0 aromatic carbocycles. The van der Waals surface area contributed by atoms with Gasteiger partial charge >= 0.3 is 0 Å². The second-order valence-corrected chi connectivity index (χ2v) is 3.67. The van der Waals surface area contributed by atoms with Gasteiger partial charge in [-0.2, -0.15) is 5.10 Å². The van der Waals surface area contributed by atoms with Gasteiger partial charge in [0, 0.05) is 18.6 Å². The van der Waals surface area contributed by atoms with E-state index in [-0.39, 0.29) is 0 Å². The molecule has 4 heteroatoms. The molecule has 78 valence electrons. The van der Waals surface area contributed by atoms with Gasteiger partial charge in [-0.1, -0.05) is 0 Å². The van der Waals surface area contributed by atoms with Crippen LogP contribution in [0.25, 0.3) is 0 Å². The highest BCUT2D eigenvalue weighted by atomic mass is 15.3. The smallest absolute Gasteiger partial charge is 0.0823 e. The maximum atomic E-state index is 5.74. The monoisotopic (exact) mass is 202 g/mol. The number of hydrogen-bond donors (Lipinski definition) is 1. The number of aromatic nitrogens is 3. The summed E-state index contributed by atoms with van der Waals surface area (Å²) in [6.07, 6.45) is 5.51. The SMILES string of the molecule is Cc1cnccc1Cn1cc(N)c(C)n1. The van der Waals surface area contributed by atoms with E-state index in [0.29, 0.717) is 0 Å². The number of aryl methyl sites for hydroxylation is 2. The molecule has 0 fully saturated rings. The Morgan fingerprint density at radius 1 is 1.40 bits per heavy atom. The van der Waals surface area contributed by atoms with Crippen LogP contribution in [0.1, 0.15) is 16.8 Å². The largest absolute Gasteiger partial charge is 0.396 e. The van der Waals surface area contributed by atoms with Crippen LogP contribution in [0.4, 0.5) is 5.69 Å². The van der Waals surface area contributed by atoms with Crippen molar-refractivity contribution in [1.82, 2.24) is 14.8 Å². The number of rotatable bonds is 2. The molecule has 2 rings (SSSR count). The van der Waals surface area contributed by atoms with Gasteiger partial charge in [-0.3, -0.25) is 9.67 Å². The summed E-state index contributed by atoms with van der Waals surface area (Å²) in [6.45, 7) is 4.69. The first-order chi connectivity index (χ1) is 7.16. The van der Waals surface area contributed by atoms with E-state index in [1.165, 1.54) is 11.1 Å². The maximum absolute atomic E-state index is 5.74. The Balaban J connectivity index is 2.26. The molecule has 0 radical (unpaired) electrons. The third-order valence-corrected chi connectivity index (χ3v) is 2.45. The fourth-order valence-electron chi connectivity index (χ4n) is 1.47. The molecule has 0 bridgehead atoms. The molecule has 0 saturated heterocycles. The minimum Gasteiger partial charge on any atom is -0.396 e. The molecule has 0 saturated carbocycles. The Morgan fingerprint density at radius 3 is 2.80 bits per heavy atom. The zero-order valence-corrected chi connectivity index (χ0v) is 8.94. The first-order valence-electron chi connectivity index (χ1n) is 4.86. The summed E-state index contributed by atoms with van der Waals surface area (Å²) in [7, 11) is 0. The van der Waals surface area contributed by atoms with E-state index in [2.05, 4.69) is 10.1 Å². The van der Waals surface area contributed by atoms with Crippen molar-refractivity contribution in [3.05, 3.63) is 41.5 Å². The molecular formula is C11H14N4. The second-order valence-electron chi connectivity index (χ2n) is 3.67. The zero-order valence-electron chi connectivity index (χ0n) is 8.94. The van der Waals surface area contributed by atoms with Crippen molar-refractivity contribution in [3.63, 3.8) is 0 Å². The number of pyridine rings is 1. The summed E-state index contributed by atoms with van der Waals surface area (Å²) in [5, 5.41) is 4.32. The number of nitrogens with zero attached hydrogens (tertiary/aromatic N) is 3. The standard InChI is InChI=1S/C11H14N4/c1-8-5-13-4-3-10(8)6-15-7-11(12)9(2)14-15/h3-5,7H,6,12H2,1-2H3. The lowest BCUT2D eigenvalue weighted by Gasteiger charge is -2.04. The van der Waals surface area contributed by atoms with E-state index in [1.807, 2.05) is 37.0 Å². The summed E-state index contributed by atoms with van der Waals surface area (Å²) in [5.41, 5.74) is 9.74. The van der Waals surface area contributed by atoms with Gasteiger partial charge in [0.1, 0.15) is 0 Å². The topological polar surface area (TPSA) is 56.7 Å². The van der Waals surface area contributed by atoms with Gasteiger partial charge in [0.25, 0.3) is 0 Å².